The van der Waals surface area contributed by atoms with E-state index in [1.54, 1.807) is 18.3 Å². The molecule has 0 saturated heterocycles. The third-order valence-corrected chi connectivity index (χ3v) is 8.55. The van der Waals surface area contributed by atoms with Gasteiger partial charge in [0.05, 0.1) is 39.9 Å². The van der Waals surface area contributed by atoms with Gasteiger partial charge in [0, 0.05) is 21.8 Å². The van der Waals surface area contributed by atoms with Crippen LogP contribution in [-0.4, -0.2) is 26.1 Å². The number of carbonyl (C=O) groups is 1. The summed E-state index contributed by atoms with van der Waals surface area (Å²) in [5.74, 6) is -0.348. The van der Waals surface area contributed by atoms with Gasteiger partial charge >= 0.3 is 5.97 Å². The average molecular weight is 462 g/mol. The highest BCUT2D eigenvalue weighted by atomic mass is 32.2. The van der Waals surface area contributed by atoms with Crippen LogP contribution in [0.2, 0.25) is 0 Å². The molecule has 1 N–H and O–H groups in total. The second kappa shape index (κ2) is 8.89. The van der Waals surface area contributed by atoms with Crippen LogP contribution in [0, 0.1) is 25.2 Å². The first kappa shape index (κ1) is 23.7. The van der Waals surface area contributed by atoms with E-state index in [0.717, 1.165) is 39.7 Å². The third-order valence-electron chi connectivity index (χ3n) is 5.63. The molecule has 0 bridgehead atoms. The van der Waals surface area contributed by atoms with Crippen molar-refractivity contribution in [2.24, 2.45) is 0 Å². The Labute approximate surface area is 191 Å². The topological polar surface area (TPSA) is 84.1 Å². The Morgan fingerprint density at radius 3 is 2.55 bits per heavy atom. The molecule has 0 aliphatic heterocycles. The zero-order valence-electron chi connectivity index (χ0n) is 19.1. The van der Waals surface area contributed by atoms with Gasteiger partial charge in [-0.2, -0.15) is 5.26 Å². The van der Waals surface area contributed by atoms with Crippen molar-refractivity contribution >= 4 is 28.3 Å². The van der Waals surface area contributed by atoms with Gasteiger partial charge in [0.2, 0.25) is 0 Å². The number of aryl methyl sites for hydroxylation is 3. The van der Waals surface area contributed by atoms with Gasteiger partial charge in [0.1, 0.15) is 11.1 Å². The predicted octanol–water partition coefficient (Wildman–Crippen LogP) is 4.56. The molecule has 2 atom stereocenters. The lowest BCUT2D eigenvalue weighted by atomic mass is 9.76. The van der Waals surface area contributed by atoms with Gasteiger partial charge in [-0.25, -0.2) is 8.93 Å². The first-order chi connectivity index (χ1) is 14.5. The SMILES string of the molecule is CCOC(=O)CC1(NS(=O)C(C)(C)C)CCCc2sc(-n3c(C)ccc3C)c(C#N)c21. The minimum Gasteiger partial charge on any atom is -0.466 e. The molecule has 1 aliphatic carbocycles. The van der Waals surface area contributed by atoms with Gasteiger partial charge in [-0.05, 0) is 72.9 Å². The van der Waals surface area contributed by atoms with E-state index >= 15 is 0 Å². The first-order valence-electron chi connectivity index (χ1n) is 10.6. The number of esters is 1. The molecule has 8 heteroatoms. The maximum absolute atomic E-state index is 13.2. The molecular weight excluding hydrogens is 430 g/mol. The number of hydrogen-bond donors (Lipinski definition) is 1. The van der Waals surface area contributed by atoms with Gasteiger partial charge in [0.25, 0.3) is 0 Å². The summed E-state index contributed by atoms with van der Waals surface area (Å²) >= 11 is 1.60. The van der Waals surface area contributed by atoms with Crippen molar-refractivity contribution in [3.05, 3.63) is 39.5 Å². The molecular formula is C23H31N3O3S2. The van der Waals surface area contributed by atoms with Crippen molar-refractivity contribution in [2.45, 2.75) is 77.5 Å². The van der Waals surface area contributed by atoms with Gasteiger partial charge in [0.15, 0.2) is 0 Å². The monoisotopic (exact) mass is 461 g/mol. The van der Waals surface area contributed by atoms with Crippen LogP contribution in [0.15, 0.2) is 12.1 Å². The van der Waals surface area contributed by atoms with Crippen LogP contribution < -0.4 is 4.72 Å². The summed E-state index contributed by atoms with van der Waals surface area (Å²) in [5, 5.41) is 11.1. The summed E-state index contributed by atoms with van der Waals surface area (Å²) in [6, 6.07) is 6.49. The molecule has 0 radical (unpaired) electrons. The highest BCUT2D eigenvalue weighted by molar-refractivity contribution is 7.84. The quantitative estimate of drug-likeness (QED) is 0.639. The molecule has 2 aromatic rings. The molecule has 1 aliphatic rings. The second-order valence-electron chi connectivity index (χ2n) is 9.04. The van der Waals surface area contributed by atoms with E-state index in [1.165, 1.54) is 0 Å². The van der Waals surface area contributed by atoms with Crippen LogP contribution in [-0.2, 0) is 32.5 Å². The summed E-state index contributed by atoms with van der Waals surface area (Å²) < 4.78 is 23.4. The molecule has 2 aromatic heterocycles. The number of rotatable bonds is 6. The van der Waals surface area contributed by atoms with Crippen LogP contribution in [0.3, 0.4) is 0 Å². The molecule has 0 amide bonds. The average Bonchev–Trinajstić information content (AvgIpc) is 3.21. The molecule has 2 unspecified atom stereocenters. The number of fused-ring (bicyclic) bond motifs is 1. The fourth-order valence-electron chi connectivity index (χ4n) is 4.18. The lowest BCUT2D eigenvalue weighted by Gasteiger charge is -2.39. The fourth-order valence-corrected chi connectivity index (χ4v) is 6.62. The molecule has 0 spiro atoms. The summed E-state index contributed by atoms with van der Waals surface area (Å²) in [7, 11) is -1.42. The molecule has 6 nitrogen and oxygen atoms in total. The number of ether oxygens (including phenoxy) is 1. The summed E-state index contributed by atoms with van der Waals surface area (Å²) in [4.78, 5) is 13.7. The molecule has 168 valence electrons. The molecule has 0 aromatic carbocycles. The van der Waals surface area contributed by atoms with Crippen LogP contribution in [0.1, 0.15) is 74.3 Å². The van der Waals surface area contributed by atoms with Crippen LogP contribution in [0.25, 0.3) is 5.00 Å². The third kappa shape index (κ3) is 4.50. The highest BCUT2D eigenvalue weighted by Crippen LogP contribution is 2.47. The summed E-state index contributed by atoms with van der Waals surface area (Å²) in [5.41, 5.74) is 2.58. The van der Waals surface area contributed by atoms with Gasteiger partial charge in [-0.3, -0.25) is 4.79 Å². The Morgan fingerprint density at radius 1 is 1.35 bits per heavy atom. The van der Waals surface area contributed by atoms with E-state index in [2.05, 4.69) is 15.4 Å². The van der Waals surface area contributed by atoms with Gasteiger partial charge in [-0.1, -0.05) is 0 Å². The number of nitriles is 1. The molecule has 0 saturated carbocycles. The minimum atomic E-state index is -1.42. The smallest absolute Gasteiger partial charge is 0.308 e. The summed E-state index contributed by atoms with van der Waals surface area (Å²) in [6.45, 7) is 11.8. The van der Waals surface area contributed by atoms with Crippen molar-refractivity contribution in [1.82, 2.24) is 9.29 Å². The van der Waals surface area contributed by atoms with E-state index < -0.39 is 21.3 Å². The number of carbonyl (C=O) groups excluding carboxylic acids is 1. The molecule has 2 heterocycles. The standard InChI is InChI=1S/C23H31N3O3S2/c1-7-29-19(27)13-23(25-31(28)22(4,5)6)12-8-9-18-20(23)17(14-24)21(30-18)26-15(2)10-11-16(26)3/h10-11,25H,7-9,12-13H2,1-6H3. The number of nitrogens with one attached hydrogen (secondary N) is 1. The maximum Gasteiger partial charge on any atom is 0.308 e. The Hall–Kier alpha value is -1.95. The van der Waals surface area contributed by atoms with Crippen molar-refractivity contribution in [1.29, 1.82) is 5.26 Å². The van der Waals surface area contributed by atoms with Gasteiger partial charge < -0.3 is 9.30 Å². The van der Waals surface area contributed by atoms with E-state index in [0.29, 0.717) is 12.0 Å². The van der Waals surface area contributed by atoms with E-state index in [4.69, 9.17) is 4.74 Å². The van der Waals surface area contributed by atoms with Crippen LogP contribution in [0.4, 0.5) is 0 Å². The van der Waals surface area contributed by atoms with Crippen LogP contribution in [0.5, 0.6) is 0 Å². The van der Waals surface area contributed by atoms with Gasteiger partial charge in [-0.15, -0.1) is 11.3 Å². The number of hydrogen-bond acceptors (Lipinski definition) is 5. The lowest BCUT2D eigenvalue weighted by molar-refractivity contribution is -0.145. The maximum atomic E-state index is 13.2. The molecule has 0 fully saturated rings. The molecule has 31 heavy (non-hydrogen) atoms. The highest BCUT2D eigenvalue weighted by Gasteiger charge is 2.45. The Balaban J connectivity index is 2.23. The van der Waals surface area contributed by atoms with E-state index in [-0.39, 0.29) is 19.0 Å². The zero-order chi connectivity index (χ0) is 23.0. The fraction of sp³-hybridized carbons (Fsp3) is 0.565. The normalized spacial score (nSPS) is 19.5. The largest absolute Gasteiger partial charge is 0.466 e. The number of nitrogens with zero attached hydrogens (tertiary/aromatic N) is 2. The predicted molar refractivity (Wildman–Crippen MR) is 125 cm³/mol. The minimum absolute atomic E-state index is 0.0458. The Bertz CT molecular complexity index is 1040. The Morgan fingerprint density at radius 2 is 2.00 bits per heavy atom. The van der Waals surface area contributed by atoms with Crippen molar-refractivity contribution in [3.63, 3.8) is 0 Å². The second-order valence-corrected chi connectivity index (χ2v) is 12.1. The van der Waals surface area contributed by atoms with Crippen LogP contribution >= 0.6 is 11.3 Å². The first-order valence-corrected chi connectivity index (χ1v) is 12.6. The van der Waals surface area contributed by atoms with Crippen molar-refractivity contribution in [2.75, 3.05) is 6.61 Å². The van der Waals surface area contributed by atoms with E-state index in [1.807, 2.05) is 46.8 Å². The Kier molecular flexibility index (Phi) is 6.80. The van der Waals surface area contributed by atoms with E-state index in [9.17, 15) is 14.3 Å². The summed E-state index contributed by atoms with van der Waals surface area (Å²) in [6.07, 6.45) is 2.34. The number of aromatic nitrogens is 1. The molecule has 3 rings (SSSR count). The lowest BCUT2D eigenvalue weighted by Crippen LogP contribution is -2.51. The zero-order valence-corrected chi connectivity index (χ0v) is 20.8. The number of thiophene rings is 1. The van der Waals surface area contributed by atoms with Crippen molar-refractivity contribution in [3.8, 4) is 11.1 Å². The van der Waals surface area contributed by atoms with Crippen molar-refractivity contribution < 1.29 is 13.7 Å².